The summed E-state index contributed by atoms with van der Waals surface area (Å²) in [6, 6.07) is 8.20. The number of rotatable bonds is 7. The van der Waals surface area contributed by atoms with Crippen molar-refractivity contribution in [3.8, 4) is 5.75 Å². The van der Waals surface area contributed by atoms with E-state index in [1.807, 2.05) is 30.1 Å². The molecule has 1 fully saturated rings. The maximum Gasteiger partial charge on any atom is 0.122 e. The highest BCUT2D eigenvalue weighted by atomic mass is 16.5. The molecule has 0 bridgehead atoms. The third-order valence-corrected chi connectivity index (χ3v) is 4.44. The van der Waals surface area contributed by atoms with Crippen molar-refractivity contribution in [3.05, 3.63) is 47.8 Å². The summed E-state index contributed by atoms with van der Waals surface area (Å²) in [4.78, 5) is 0. The summed E-state index contributed by atoms with van der Waals surface area (Å²) in [6.07, 6.45) is 6.20. The first-order valence-electron chi connectivity index (χ1n) is 8.20. The van der Waals surface area contributed by atoms with Crippen LogP contribution in [0.3, 0.4) is 0 Å². The molecule has 1 aromatic carbocycles. The van der Waals surface area contributed by atoms with Gasteiger partial charge >= 0.3 is 0 Å². The third-order valence-electron chi connectivity index (χ3n) is 4.44. The number of nitrogens with zero attached hydrogens (tertiary/aromatic N) is 2. The summed E-state index contributed by atoms with van der Waals surface area (Å²) in [5.41, 5.74) is 2.43. The fourth-order valence-electron chi connectivity index (χ4n) is 3.22. The lowest BCUT2D eigenvalue weighted by Crippen LogP contribution is -2.26. The molecule has 5 heteroatoms. The van der Waals surface area contributed by atoms with E-state index in [4.69, 9.17) is 9.47 Å². The van der Waals surface area contributed by atoms with Crippen molar-refractivity contribution >= 4 is 0 Å². The maximum atomic E-state index is 5.90. The molecule has 2 heterocycles. The van der Waals surface area contributed by atoms with Gasteiger partial charge in [-0.05, 0) is 31.0 Å². The van der Waals surface area contributed by atoms with Crippen molar-refractivity contribution in [1.82, 2.24) is 15.1 Å². The van der Waals surface area contributed by atoms with Crippen LogP contribution in [0.25, 0.3) is 0 Å². The number of hydrogen-bond acceptors (Lipinski definition) is 4. The first-order valence-corrected chi connectivity index (χ1v) is 8.20. The average molecular weight is 315 g/mol. The van der Waals surface area contributed by atoms with Crippen molar-refractivity contribution in [2.24, 2.45) is 13.0 Å². The molecule has 0 unspecified atom stereocenters. The topological polar surface area (TPSA) is 48.3 Å². The van der Waals surface area contributed by atoms with Crippen LogP contribution in [0.2, 0.25) is 0 Å². The van der Waals surface area contributed by atoms with Crippen LogP contribution < -0.4 is 10.1 Å². The number of hydrogen-bond donors (Lipinski definition) is 1. The van der Waals surface area contributed by atoms with Gasteiger partial charge in [0.05, 0.1) is 19.4 Å². The Balaban J connectivity index is 1.48. The number of benzene rings is 1. The van der Waals surface area contributed by atoms with E-state index in [0.717, 1.165) is 38.3 Å². The van der Waals surface area contributed by atoms with Crippen LogP contribution in [0.1, 0.15) is 23.7 Å². The molecule has 0 spiro atoms. The fraction of sp³-hybridized carbons (Fsp3) is 0.500. The van der Waals surface area contributed by atoms with Gasteiger partial charge in [0.25, 0.3) is 0 Å². The zero-order chi connectivity index (χ0) is 16.1. The highest BCUT2D eigenvalue weighted by Crippen LogP contribution is 2.33. The molecule has 2 aromatic rings. The van der Waals surface area contributed by atoms with Crippen LogP contribution >= 0.6 is 0 Å². The molecule has 3 rings (SSSR count). The highest BCUT2D eigenvalue weighted by molar-refractivity contribution is 5.33. The first kappa shape index (κ1) is 16.0. The molecule has 0 saturated carbocycles. The zero-order valence-corrected chi connectivity index (χ0v) is 13.9. The van der Waals surface area contributed by atoms with Crippen molar-refractivity contribution in [2.45, 2.75) is 18.9 Å². The van der Waals surface area contributed by atoms with Crippen LogP contribution in [0.15, 0.2) is 36.7 Å². The second-order valence-corrected chi connectivity index (χ2v) is 6.05. The number of nitrogens with one attached hydrogen (secondary N) is 1. The number of aromatic nitrogens is 2. The first-order chi connectivity index (χ1) is 11.3. The Bertz CT molecular complexity index is 626. The highest BCUT2D eigenvalue weighted by Gasteiger charge is 2.30. The van der Waals surface area contributed by atoms with Crippen LogP contribution in [-0.4, -0.2) is 36.6 Å². The van der Waals surface area contributed by atoms with Gasteiger partial charge in [0.15, 0.2) is 0 Å². The maximum absolute atomic E-state index is 5.90. The molecule has 5 nitrogen and oxygen atoms in total. The van der Waals surface area contributed by atoms with Gasteiger partial charge in [0.2, 0.25) is 0 Å². The molecule has 0 radical (unpaired) electrons. The van der Waals surface area contributed by atoms with Crippen LogP contribution in [0.4, 0.5) is 0 Å². The Morgan fingerprint density at radius 1 is 1.39 bits per heavy atom. The van der Waals surface area contributed by atoms with Gasteiger partial charge in [-0.2, -0.15) is 5.10 Å². The lowest BCUT2D eigenvalue weighted by atomic mass is 9.97. The van der Waals surface area contributed by atoms with E-state index in [9.17, 15) is 0 Å². The summed E-state index contributed by atoms with van der Waals surface area (Å²) in [7, 11) is 3.67. The summed E-state index contributed by atoms with van der Waals surface area (Å²) in [5.74, 6) is 1.48. The predicted octanol–water partition coefficient (Wildman–Crippen LogP) is 2.34. The van der Waals surface area contributed by atoms with E-state index in [1.165, 1.54) is 11.1 Å². The predicted molar refractivity (Wildman–Crippen MR) is 89.6 cm³/mol. The summed E-state index contributed by atoms with van der Waals surface area (Å²) in [5, 5.41) is 7.82. The van der Waals surface area contributed by atoms with Crippen LogP contribution in [0, 0.1) is 5.92 Å². The Labute approximate surface area is 137 Å². The van der Waals surface area contributed by atoms with Gasteiger partial charge in [-0.1, -0.05) is 18.2 Å². The minimum absolute atomic E-state index is 0.169. The number of aryl methyl sites for hydroxylation is 1. The minimum Gasteiger partial charge on any atom is -0.496 e. The summed E-state index contributed by atoms with van der Waals surface area (Å²) >= 11 is 0. The molecule has 124 valence electrons. The van der Waals surface area contributed by atoms with E-state index >= 15 is 0 Å². The Kier molecular flexibility index (Phi) is 5.31. The lowest BCUT2D eigenvalue weighted by Gasteiger charge is -2.18. The molecular weight excluding hydrogens is 290 g/mol. The number of para-hydroxylation sites is 1. The van der Waals surface area contributed by atoms with E-state index in [0.29, 0.717) is 5.92 Å². The van der Waals surface area contributed by atoms with Crippen molar-refractivity contribution in [1.29, 1.82) is 0 Å². The molecule has 0 aliphatic carbocycles. The largest absolute Gasteiger partial charge is 0.496 e. The molecular formula is C18H25N3O2. The second-order valence-electron chi connectivity index (χ2n) is 6.05. The summed E-state index contributed by atoms with van der Waals surface area (Å²) in [6.45, 7) is 2.74. The Hall–Kier alpha value is -1.85. The van der Waals surface area contributed by atoms with E-state index in [2.05, 4.69) is 28.7 Å². The molecule has 1 saturated heterocycles. The smallest absolute Gasteiger partial charge is 0.122 e. The monoisotopic (exact) mass is 315 g/mol. The van der Waals surface area contributed by atoms with Gasteiger partial charge in [-0.25, -0.2) is 0 Å². The molecule has 1 aliphatic rings. The van der Waals surface area contributed by atoms with Gasteiger partial charge in [-0.15, -0.1) is 0 Å². The molecule has 23 heavy (non-hydrogen) atoms. The fourth-order valence-corrected chi connectivity index (χ4v) is 3.22. The second kappa shape index (κ2) is 7.62. The van der Waals surface area contributed by atoms with Crippen molar-refractivity contribution in [3.63, 3.8) is 0 Å². The van der Waals surface area contributed by atoms with Gasteiger partial charge < -0.3 is 14.8 Å². The van der Waals surface area contributed by atoms with Gasteiger partial charge in [0.1, 0.15) is 5.75 Å². The average Bonchev–Trinajstić information content (AvgIpc) is 3.20. The normalized spacial score (nSPS) is 20.8. The third kappa shape index (κ3) is 3.92. The molecule has 2 atom stereocenters. The molecule has 0 amide bonds. The van der Waals surface area contributed by atoms with E-state index in [-0.39, 0.29) is 6.10 Å². The number of methoxy groups -OCH3 is 1. The quantitative estimate of drug-likeness (QED) is 0.797. The molecule has 1 N–H and O–H groups in total. The Morgan fingerprint density at radius 2 is 2.26 bits per heavy atom. The molecule has 1 aromatic heterocycles. The van der Waals surface area contributed by atoms with Crippen LogP contribution in [0.5, 0.6) is 5.75 Å². The lowest BCUT2D eigenvalue weighted by molar-refractivity contribution is 0.0905. The van der Waals surface area contributed by atoms with Crippen molar-refractivity contribution in [2.75, 3.05) is 26.8 Å². The summed E-state index contributed by atoms with van der Waals surface area (Å²) < 4.78 is 13.1. The minimum atomic E-state index is 0.169. The van der Waals surface area contributed by atoms with Crippen molar-refractivity contribution < 1.29 is 9.47 Å². The van der Waals surface area contributed by atoms with Gasteiger partial charge in [0, 0.05) is 37.9 Å². The number of ether oxygens (including phenoxy) is 2. The zero-order valence-electron chi connectivity index (χ0n) is 13.9. The van der Waals surface area contributed by atoms with Crippen LogP contribution in [-0.2, 0) is 18.2 Å². The SMILES string of the molecule is COc1ccccc1CCNC[C@H]1CCO[C@@H]1c1cnn(C)c1. The van der Waals surface area contributed by atoms with E-state index in [1.54, 1.807) is 7.11 Å². The molecule has 1 aliphatic heterocycles. The van der Waals surface area contributed by atoms with Gasteiger partial charge in [-0.3, -0.25) is 4.68 Å². The van der Waals surface area contributed by atoms with E-state index < -0.39 is 0 Å². The standard InChI is InChI=1S/C18H25N3O2/c1-21-13-16(12-20-21)18-15(8-10-23-18)11-19-9-7-14-5-3-4-6-17(14)22-2/h3-6,12-13,15,18-19H,7-11H2,1-2H3/t15-,18+/m1/s1. The Morgan fingerprint density at radius 3 is 3.04 bits per heavy atom.